The predicted octanol–water partition coefficient (Wildman–Crippen LogP) is 6.39. The van der Waals surface area contributed by atoms with Crippen molar-refractivity contribution in [2.45, 2.75) is 124 Å². The van der Waals surface area contributed by atoms with Crippen LogP contribution >= 0.6 is 11.3 Å². The molecule has 2 fully saturated rings. The lowest BCUT2D eigenvalue weighted by Crippen LogP contribution is -2.65. The highest BCUT2D eigenvalue weighted by atomic mass is 32.1. The van der Waals surface area contributed by atoms with Crippen LogP contribution < -0.4 is 10.7 Å². The molecule has 16 nitrogen and oxygen atoms in total. The molecule has 3 aliphatic rings. The van der Waals surface area contributed by atoms with Crippen LogP contribution in [0.25, 0.3) is 33.4 Å². The number of carbonyl (C=O) groups is 5. The normalized spacial score (nSPS) is 22.2. The number of nitrogens with one attached hydrogen (secondary N) is 2. The van der Waals surface area contributed by atoms with Crippen molar-refractivity contribution >= 4 is 52.0 Å². The van der Waals surface area contributed by atoms with Gasteiger partial charge in [0, 0.05) is 91.8 Å². The number of benzene rings is 1. The maximum absolute atomic E-state index is 14.7. The number of likely N-dealkylation sites (N-methyl/N-ethyl adjacent to an activating group) is 1. The number of aryl methyl sites for hydroxylation is 1. The van der Waals surface area contributed by atoms with Gasteiger partial charge in [-0.1, -0.05) is 40.3 Å². The zero-order chi connectivity index (χ0) is 48.5. The predicted molar refractivity (Wildman–Crippen MR) is 259 cm³/mol. The summed E-state index contributed by atoms with van der Waals surface area (Å²) in [5.41, 5.74) is 9.24. The van der Waals surface area contributed by atoms with E-state index in [2.05, 4.69) is 66.9 Å². The molecule has 67 heavy (non-hydrogen) atoms. The first-order valence-electron chi connectivity index (χ1n) is 23.5. The quantitative estimate of drug-likeness (QED) is 0.142. The Hall–Kier alpha value is -5.65. The summed E-state index contributed by atoms with van der Waals surface area (Å²) in [5, 5.41) is 8.11. The van der Waals surface area contributed by atoms with Gasteiger partial charge < -0.3 is 34.1 Å². The fraction of sp³-hybridized carbons (Fsp3) is 0.540. The van der Waals surface area contributed by atoms with Crippen LogP contribution in [-0.2, 0) is 48.0 Å². The van der Waals surface area contributed by atoms with Gasteiger partial charge in [-0.2, -0.15) is 0 Å². The number of pyridine rings is 1. The molecule has 0 saturated carbocycles. The number of rotatable bonds is 9. The van der Waals surface area contributed by atoms with E-state index in [0.29, 0.717) is 43.9 Å². The molecule has 3 aliphatic heterocycles. The van der Waals surface area contributed by atoms with Gasteiger partial charge in [0.25, 0.3) is 5.91 Å². The number of ether oxygens (including phenoxy) is 2. The molecule has 0 unspecified atom stereocenters. The van der Waals surface area contributed by atoms with Gasteiger partial charge in [0.1, 0.15) is 18.1 Å². The number of nitrogens with zero attached hydrogens (tertiary/aromatic N) is 7. The van der Waals surface area contributed by atoms with Gasteiger partial charge in [-0.3, -0.25) is 29.2 Å². The van der Waals surface area contributed by atoms with Crippen molar-refractivity contribution < 1.29 is 33.4 Å². The second kappa shape index (κ2) is 20.3. The molecule has 0 spiro atoms. The lowest BCUT2D eigenvalue weighted by molar-refractivity contribution is -0.155. The number of carbonyl (C=O) groups excluding carboxylic acids is 5. The molecule has 5 amide bonds. The van der Waals surface area contributed by atoms with Crippen molar-refractivity contribution in [1.82, 2.24) is 45.0 Å². The molecule has 6 heterocycles. The molecular formula is C50H67N9O7S. The monoisotopic (exact) mass is 937 g/mol. The van der Waals surface area contributed by atoms with Gasteiger partial charge in [-0.15, -0.1) is 11.3 Å². The highest BCUT2D eigenvalue weighted by molar-refractivity contribution is 7.10. The van der Waals surface area contributed by atoms with Gasteiger partial charge in [0.15, 0.2) is 0 Å². The fourth-order valence-electron chi connectivity index (χ4n) is 9.91. The molecule has 1 aromatic carbocycles. The van der Waals surface area contributed by atoms with Crippen molar-refractivity contribution in [3.8, 4) is 22.5 Å². The summed E-state index contributed by atoms with van der Waals surface area (Å²) < 4.78 is 14.2. The van der Waals surface area contributed by atoms with E-state index in [1.54, 1.807) is 30.2 Å². The van der Waals surface area contributed by atoms with Crippen LogP contribution in [0.4, 0.5) is 4.79 Å². The summed E-state index contributed by atoms with van der Waals surface area (Å²) >= 11 is 1.40. The first-order chi connectivity index (χ1) is 31.9. The Labute approximate surface area is 398 Å². The number of amides is 5. The summed E-state index contributed by atoms with van der Waals surface area (Å²) in [6.07, 6.45) is 4.45. The van der Waals surface area contributed by atoms with E-state index in [1.807, 2.05) is 46.1 Å². The van der Waals surface area contributed by atoms with Crippen molar-refractivity contribution in [3.63, 3.8) is 0 Å². The third kappa shape index (κ3) is 10.00. The molecule has 6 atom stereocenters. The van der Waals surface area contributed by atoms with E-state index < -0.39 is 41.3 Å². The van der Waals surface area contributed by atoms with E-state index in [4.69, 9.17) is 19.4 Å². The summed E-state index contributed by atoms with van der Waals surface area (Å²) in [6.45, 7) is 21.2. The number of thiazole rings is 1. The minimum Gasteiger partial charge on any atom is -0.464 e. The van der Waals surface area contributed by atoms with Crippen LogP contribution in [0.5, 0.6) is 0 Å². The largest absolute Gasteiger partial charge is 0.464 e. The van der Waals surface area contributed by atoms with Crippen molar-refractivity contribution in [1.29, 1.82) is 0 Å². The maximum atomic E-state index is 14.7. The number of cyclic esters (lactones) is 1. The van der Waals surface area contributed by atoms with Crippen LogP contribution in [0.1, 0.15) is 90.6 Å². The Morgan fingerprint density at radius 2 is 1.84 bits per heavy atom. The third-order valence-corrected chi connectivity index (χ3v) is 14.6. The number of piperazine rings is 1. The molecule has 2 saturated heterocycles. The molecule has 4 aromatic rings. The van der Waals surface area contributed by atoms with Gasteiger partial charge >= 0.3 is 12.0 Å². The number of hydrazine groups is 1. The Balaban J connectivity index is 1.26. The molecule has 2 N–H and O–H groups in total. The average Bonchev–Trinajstić information content (AvgIpc) is 3.91. The highest BCUT2D eigenvalue weighted by Crippen LogP contribution is 2.42. The first kappa shape index (κ1) is 49.3. The number of hydrogen-bond donors (Lipinski definition) is 2. The second-order valence-electron chi connectivity index (χ2n) is 19.3. The lowest BCUT2D eigenvalue weighted by Gasteiger charge is -2.46. The van der Waals surface area contributed by atoms with Gasteiger partial charge in [0.05, 0.1) is 40.8 Å². The molecule has 0 aliphatic carbocycles. The molecule has 17 heteroatoms. The molecule has 7 rings (SSSR count). The van der Waals surface area contributed by atoms with E-state index in [1.165, 1.54) is 27.3 Å². The fourth-order valence-corrected chi connectivity index (χ4v) is 10.8. The maximum Gasteiger partial charge on any atom is 0.324 e. The molecule has 360 valence electrons. The van der Waals surface area contributed by atoms with E-state index in [0.717, 1.165) is 44.7 Å². The number of fused-ring (bicyclic) bond motifs is 6. The van der Waals surface area contributed by atoms with Gasteiger partial charge in [-0.25, -0.2) is 15.2 Å². The topological polar surface area (TPSA) is 172 Å². The number of aromatic nitrogens is 3. The zero-order valence-electron chi connectivity index (χ0n) is 40.6. The molecular weight excluding hydrogens is 871 g/mol. The Morgan fingerprint density at radius 1 is 1.10 bits per heavy atom. The van der Waals surface area contributed by atoms with Crippen molar-refractivity contribution in [2.24, 2.45) is 11.3 Å². The highest BCUT2D eigenvalue weighted by Gasteiger charge is 2.41. The smallest absolute Gasteiger partial charge is 0.324 e. The summed E-state index contributed by atoms with van der Waals surface area (Å²) in [5.74, 6) is -1.92. The van der Waals surface area contributed by atoms with Crippen LogP contribution in [0.2, 0.25) is 0 Å². The summed E-state index contributed by atoms with van der Waals surface area (Å²) in [7, 11) is 3.28. The minimum absolute atomic E-state index is 0.0678. The second-order valence-corrected chi connectivity index (χ2v) is 20.2. The number of urea groups is 1. The van der Waals surface area contributed by atoms with E-state index >= 15 is 0 Å². The van der Waals surface area contributed by atoms with Crippen molar-refractivity contribution in [3.05, 3.63) is 70.8 Å². The Kier molecular flexibility index (Phi) is 14.9. The van der Waals surface area contributed by atoms with Gasteiger partial charge in [0.2, 0.25) is 11.8 Å². The molecule has 3 aromatic heterocycles. The van der Waals surface area contributed by atoms with E-state index in [9.17, 15) is 24.0 Å². The van der Waals surface area contributed by atoms with Crippen LogP contribution in [0, 0.1) is 11.3 Å². The number of methoxy groups -OCH3 is 1. The first-order valence-corrected chi connectivity index (χ1v) is 24.4. The van der Waals surface area contributed by atoms with E-state index in [-0.39, 0.29) is 55.6 Å². The third-order valence-electron chi connectivity index (χ3n) is 13.7. The molecule has 6 bridgehead atoms. The van der Waals surface area contributed by atoms with Crippen LogP contribution in [0.3, 0.4) is 0 Å². The van der Waals surface area contributed by atoms with Crippen LogP contribution in [-0.4, -0.2) is 135 Å². The SMILES string of the molecule is C=CC(=O)N1CCN(C(=O)N(C)[C@H](C(=O)N[C@H]2Cc3nc(cs3)-c3ccc4c(c3)c(c(-c3cccnc3[C@H](C)OC)n4CC)CC(C)(C)COC(=O)[C@@H]3CCCN(N3)C2=O)C(C)C)[C@H](C)[C@@H]1C. The lowest BCUT2D eigenvalue weighted by atomic mass is 9.84. The Morgan fingerprint density at radius 3 is 2.54 bits per heavy atom. The molecule has 0 radical (unpaired) electrons. The number of esters is 1. The number of hydrogen-bond acceptors (Lipinski definition) is 11. The van der Waals surface area contributed by atoms with Crippen LogP contribution in [0.15, 0.2) is 54.6 Å². The standard InChI is InChI=1S/C50H67N9O7S/c1-12-42(60)57-22-23-58(31(6)30(57)5)49(64)55(10)44(29(3)4)46(61)53-38-25-41-52-39(27-67-41)33-18-19-40-35(24-33)36(45(56(40)13-2)34-16-14-20-51-43(34)32(7)65-11)26-50(8,9)28-66-48(63)37-17-15-21-59(54-37)47(38)62/h12,14,16,18-20,24,27,29-32,37-38,44,54H,1,13,15,17,21-23,25-26,28H2,2-11H3,(H,53,61)/t30-,31+,32-,37-,38-,44-/m0/s1. The zero-order valence-corrected chi connectivity index (χ0v) is 41.4. The van der Waals surface area contributed by atoms with Crippen molar-refractivity contribution in [2.75, 3.05) is 40.4 Å². The minimum atomic E-state index is -1.10. The average molecular weight is 938 g/mol. The summed E-state index contributed by atoms with van der Waals surface area (Å²) in [4.78, 5) is 84.6. The summed E-state index contributed by atoms with van der Waals surface area (Å²) in [6, 6.07) is 6.61. The Bertz CT molecular complexity index is 2520. The van der Waals surface area contributed by atoms with Gasteiger partial charge in [-0.05, 0) is 88.8 Å².